The van der Waals surface area contributed by atoms with Crippen molar-refractivity contribution in [2.75, 3.05) is 6.61 Å². The molecule has 0 aliphatic carbocycles. The lowest BCUT2D eigenvalue weighted by Crippen LogP contribution is -2.50. The summed E-state index contributed by atoms with van der Waals surface area (Å²) in [5.74, 6) is 0.144. The number of carbonyl (C=O) groups is 1. The minimum atomic E-state index is -0.883. The zero-order valence-electron chi connectivity index (χ0n) is 22.1. The van der Waals surface area contributed by atoms with Gasteiger partial charge in [0.25, 0.3) is 0 Å². The van der Waals surface area contributed by atoms with Crippen LogP contribution in [0, 0.1) is 5.92 Å². The van der Waals surface area contributed by atoms with E-state index < -0.39 is 23.8 Å². The number of carbonyl (C=O) groups excluding carboxylic acids is 1. The second-order valence-electron chi connectivity index (χ2n) is 10.9. The second-order valence-corrected chi connectivity index (χ2v) is 12.3. The van der Waals surface area contributed by atoms with Gasteiger partial charge in [0, 0.05) is 27.0 Å². The van der Waals surface area contributed by atoms with Gasteiger partial charge in [-0.1, -0.05) is 70.0 Å². The molecule has 2 aliphatic heterocycles. The van der Waals surface area contributed by atoms with E-state index in [0.717, 1.165) is 26.9 Å². The van der Waals surface area contributed by atoms with Gasteiger partial charge in [-0.3, -0.25) is 4.79 Å². The first-order valence-corrected chi connectivity index (χ1v) is 14.4. The van der Waals surface area contributed by atoms with Crippen LogP contribution in [-0.2, 0) is 22.4 Å². The van der Waals surface area contributed by atoms with Crippen LogP contribution in [0.3, 0.4) is 0 Å². The Bertz CT molecular complexity index is 1320. The SMILES string of the molecule is CC1(C)O[C@@H]2COc3ccccc3C2N1C(=O)[C@H](Cc1cccc(Cl)c1)C[C@H](O)[C@@H](N)Cc1ccc(Br)cc1. The van der Waals surface area contributed by atoms with E-state index in [9.17, 15) is 9.90 Å². The Morgan fingerprint density at radius 2 is 1.85 bits per heavy atom. The normalized spacial score (nSPS) is 21.8. The van der Waals surface area contributed by atoms with Gasteiger partial charge in [-0.05, 0) is 74.6 Å². The van der Waals surface area contributed by atoms with Crippen LogP contribution in [0.4, 0.5) is 0 Å². The van der Waals surface area contributed by atoms with Crippen LogP contribution in [0.2, 0.25) is 5.02 Å². The number of halogens is 2. The molecule has 3 N–H and O–H groups in total. The van der Waals surface area contributed by atoms with Crippen molar-refractivity contribution in [3.63, 3.8) is 0 Å². The van der Waals surface area contributed by atoms with Gasteiger partial charge in [-0.15, -0.1) is 0 Å². The fourth-order valence-corrected chi connectivity index (χ4v) is 6.28. The van der Waals surface area contributed by atoms with Crippen molar-refractivity contribution >= 4 is 33.4 Å². The molecule has 1 saturated heterocycles. The predicted molar refractivity (Wildman–Crippen MR) is 156 cm³/mol. The number of aliphatic hydroxyl groups excluding tert-OH is 1. The van der Waals surface area contributed by atoms with Crippen molar-refractivity contribution in [1.82, 2.24) is 4.90 Å². The van der Waals surface area contributed by atoms with E-state index in [1.807, 2.05) is 91.5 Å². The summed E-state index contributed by atoms with van der Waals surface area (Å²) in [6.07, 6.45) is -0.0314. The van der Waals surface area contributed by atoms with Gasteiger partial charge in [0.2, 0.25) is 5.91 Å². The molecule has 0 bridgehead atoms. The molecule has 6 nitrogen and oxygen atoms in total. The zero-order valence-corrected chi connectivity index (χ0v) is 24.4. The molecule has 39 heavy (non-hydrogen) atoms. The van der Waals surface area contributed by atoms with Gasteiger partial charge in [0.05, 0.1) is 12.1 Å². The van der Waals surface area contributed by atoms with E-state index in [-0.39, 0.29) is 24.5 Å². The molecule has 5 atom stereocenters. The maximum absolute atomic E-state index is 14.5. The van der Waals surface area contributed by atoms with Crippen LogP contribution in [-0.4, -0.2) is 46.5 Å². The summed E-state index contributed by atoms with van der Waals surface area (Å²) in [6.45, 7) is 4.20. The van der Waals surface area contributed by atoms with E-state index >= 15 is 0 Å². The van der Waals surface area contributed by atoms with Crippen molar-refractivity contribution in [2.45, 2.75) is 63.1 Å². The van der Waals surface area contributed by atoms with E-state index in [2.05, 4.69) is 15.9 Å². The number of ether oxygens (including phenoxy) is 2. The minimum Gasteiger partial charge on any atom is -0.490 e. The van der Waals surface area contributed by atoms with E-state index in [1.54, 1.807) is 0 Å². The Kier molecular flexibility index (Phi) is 8.36. The Morgan fingerprint density at radius 1 is 1.10 bits per heavy atom. The standard InChI is InChI=1S/C31H34BrClN2O4/c1-31(2)35(29-24-8-3-4-9-27(24)38-18-28(29)39-31)30(37)21(14-20-6-5-7-23(33)15-20)17-26(36)25(34)16-19-10-12-22(32)13-11-19/h3-13,15,21,25-26,28-29,36H,14,16-18,34H2,1-2H3/t21-,25+,26+,28-,29?/m1/s1. The molecular weight excluding hydrogens is 580 g/mol. The summed E-state index contributed by atoms with van der Waals surface area (Å²) >= 11 is 9.73. The van der Waals surface area contributed by atoms with Crippen LogP contribution in [0.1, 0.15) is 43.0 Å². The van der Waals surface area contributed by atoms with Crippen molar-refractivity contribution in [1.29, 1.82) is 0 Å². The second kappa shape index (κ2) is 11.6. The average Bonchev–Trinajstić information content (AvgIpc) is 3.19. The highest BCUT2D eigenvalue weighted by Gasteiger charge is 2.54. The lowest BCUT2D eigenvalue weighted by Gasteiger charge is -2.38. The predicted octanol–water partition coefficient (Wildman–Crippen LogP) is 5.68. The molecule has 5 rings (SSSR count). The summed E-state index contributed by atoms with van der Waals surface area (Å²) in [5.41, 5.74) is 8.51. The highest BCUT2D eigenvalue weighted by molar-refractivity contribution is 9.10. The molecule has 1 unspecified atom stereocenters. The molecule has 8 heteroatoms. The molecule has 206 valence electrons. The Morgan fingerprint density at radius 3 is 2.59 bits per heavy atom. The molecule has 1 amide bonds. The molecule has 0 radical (unpaired) electrons. The first-order chi connectivity index (χ1) is 18.6. The van der Waals surface area contributed by atoms with Gasteiger partial charge in [0.15, 0.2) is 0 Å². The molecule has 1 fully saturated rings. The Labute approximate surface area is 243 Å². The lowest BCUT2D eigenvalue weighted by molar-refractivity contribution is -0.153. The van der Waals surface area contributed by atoms with Crippen LogP contribution >= 0.6 is 27.5 Å². The number of rotatable bonds is 8. The third-order valence-electron chi connectivity index (χ3n) is 7.65. The van der Waals surface area contributed by atoms with Gasteiger partial charge in [-0.2, -0.15) is 0 Å². The number of nitrogens with zero attached hydrogens (tertiary/aromatic N) is 1. The van der Waals surface area contributed by atoms with Crippen molar-refractivity contribution in [2.24, 2.45) is 11.7 Å². The topological polar surface area (TPSA) is 85.0 Å². The van der Waals surface area contributed by atoms with E-state index in [0.29, 0.717) is 24.5 Å². The number of nitrogens with two attached hydrogens (primary N) is 1. The fraction of sp³-hybridized carbons (Fsp3) is 0.387. The zero-order chi connectivity index (χ0) is 27.7. The monoisotopic (exact) mass is 612 g/mol. The van der Waals surface area contributed by atoms with Gasteiger partial charge in [0.1, 0.15) is 24.2 Å². The molecule has 0 spiro atoms. The maximum Gasteiger partial charge on any atom is 0.228 e. The smallest absolute Gasteiger partial charge is 0.228 e. The molecule has 2 aliphatic rings. The number of aliphatic hydroxyl groups is 1. The van der Waals surface area contributed by atoms with Crippen LogP contribution < -0.4 is 10.5 Å². The summed E-state index contributed by atoms with van der Waals surface area (Å²) in [6, 6.07) is 22.4. The van der Waals surface area contributed by atoms with Crippen molar-refractivity contribution in [3.05, 3.63) is 99.0 Å². The third kappa shape index (κ3) is 6.18. The van der Waals surface area contributed by atoms with E-state index in [1.165, 1.54) is 0 Å². The quantitative estimate of drug-likeness (QED) is 0.342. The van der Waals surface area contributed by atoms with Gasteiger partial charge >= 0.3 is 0 Å². The Balaban J connectivity index is 1.43. The minimum absolute atomic E-state index is 0.0842. The summed E-state index contributed by atoms with van der Waals surface area (Å²) in [4.78, 5) is 16.3. The molecule has 0 saturated carbocycles. The molecule has 0 aromatic heterocycles. The average molecular weight is 614 g/mol. The lowest BCUT2D eigenvalue weighted by atomic mass is 9.87. The molecule has 3 aromatic carbocycles. The molecular formula is C31H34BrClN2O4. The number of amides is 1. The summed E-state index contributed by atoms with van der Waals surface area (Å²) < 4.78 is 13.3. The molecule has 3 aromatic rings. The number of benzene rings is 3. The number of hydrogen-bond acceptors (Lipinski definition) is 5. The first kappa shape index (κ1) is 28.1. The highest BCUT2D eigenvalue weighted by Crippen LogP contribution is 2.48. The Hall–Kier alpha value is -2.42. The number of fused-ring (bicyclic) bond motifs is 3. The largest absolute Gasteiger partial charge is 0.490 e. The van der Waals surface area contributed by atoms with Gasteiger partial charge in [-0.25, -0.2) is 0 Å². The van der Waals surface area contributed by atoms with Crippen molar-refractivity contribution in [3.8, 4) is 5.75 Å². The summed E-state index contributed by atoms with van der Waals surface area (Å²) in [5, 5.41) is 11.9. The van der Waals surface area contributed by atoms with Gasteiger partial charge < -0.3 is 25.2 Å². The number of para-hydroxylation sites is 1. The summed E-state index contributed by atoms with van der Waals surface area (Å²) in [7, 11) is 0. The van der Waals surface area contributed by atoms with E-state index in [4.69, 9.17) is 26.8 Å². The van der Waals surface area contributed by atoms with Crippen molar-refractivity contribution < 1.29 is 19.4 Å². The van der Waals surface area contributed by atoms with Crippen LogP contribution in [0.25, 0.3) is 0 Å². The van der Waals surface area contributed by atoms with Crippen LogP contribution in [0.15, 0.2) is 77.3 Å². The number of hydrogen-bond donors (Lipinski definition) is 2. The highest BCUT2D eigenvalue weighted by atomic mass is 79.9. The first-order valence-electron chi connectivity index (χ1n) is 13.3. The van der Waals surface area contributed by atoms with Crippen LogP contribution in [0.5, 0.6) is 5.75 Å². The maximum atomic E-state index is 14.5. The fourth-order valence-electron chi connectivity index (χ4n) is 5.80. The third-order valence-corrected chi connectivity index (χ3v) is 8.42. The molecule has 2 heterocycles.